The van der Waals surface area contributed by atoms with Crippen molar-refractivity contribution in [2.75, 3.05) is 71.5 Å². The number of fused-ring (bicyclic) bond motifs is 1. The topological polar surface area (TPSA) is 94.6 Å². The monoisotopic (exact) mass is 544 g/mol. The highest BCUT2D eigenvalue weighted by atomic mass is 16.5. The lowest BCUT2D eigenvalue weighted by Crippen LogP contribution is -2.50. The van der Waals surface area contributed by atoms with E-state index in [9.17, 15) is 14.7 Å². The first-order valence-corrected chi connectivity index (χ1v) is 14.8. The van der Waals surface area contributed by atoms with Crippen molar-refractivity contribution < 1.29 is 24.2 Å². The third kappa shape index (κ3) is 8.39. The number of hydrogen-bond donors (Lipinski definition) is 2. The van der Waals surface area contributed by atoms with Crippen LogP contribution in [-0.2, 0) is 9.53 Å². The molecule has 1 saturated heterocycles. The first-order valence-electron chi connectivity index (χ1n) is 14.8. The minimum atomic E-state index is -0.321. The fraction of sp³-hybridized carbons (Fsp3) is 0.733. The summed E-state index contributed by atoms with van der Waals surface area (Å²) in [5, 5.41) is 12.9. The van der Waals surface area contributed by atoms with Gasteiger partial charge in [-0.05, 0) is 50.9 Å². The summed E-state index contributed by atoms with van der Waals surface area (Å²) >= 11 is 0. The van der Waals surface area contributed by atoms with Crippen LogP contribution in [0.4, 0.5) is 5.69 Å². The van der Waals surface area contributed by atoms with E-state index in [2.05, 4.69) is 29.1 Å². The van der Waals surface area contributed by atoms with Crippen molar-refractivity contribution in [1.82, 2.24) is 14.7 Å². The Labute approximate surface area is 233 Å². The fourth-order valence-corrected chi connectivity index (χ4v) is 6.02. The number of carbonyl (C=O) groups excluding carboxylic acids is 2. The lowest BCUT2D eigenvalue weighted by atomic mass is 9.89. The molecule has 218 valence electrons. The van der Waals surface area contributed by atoms with Crippen LogP contribution in [0.3, 0.4) is 0 Å². The van der Waals surface area contributed by atoms with Gasteiger partial charge >= 0.3 is 0 Å². The molecular weight excluding hydrogens is 496 g/mol. The molecule has 0 aromatic heterocycles. The summed E-state index contributed by atoms with van der Waals surface area (Å²) < 4.78 is 11.9. The molecule has 9 nitrogen and oxygen atoms in total. The normalized spacial score (nSPS) is 24.0. The molecule has 3 atom stereocenters. The van der Waals surface area contributed by atoms with Gasteiger partial charge in [0.15, 0.2) is 0 Å². The van der Waals surface area contributed by atoms with E-state index in [1.807, 2.05) is 13.0 Å². The van der Waals surface area contributed by atoms with Gasteiger partial charge in [-0.2, -0.15) is 0 Å². The maximum absolute atomic E-state index is 13.7. The molecule has 0 spiro atoms. The van der Waals surface area contributed by atoms with Gasteiger partial charge in [0.05, 0.1) is 31.4 Å². The molecule has 0 radical (unpaired) electrons. The van der Waals surface area contributed by atoms with Gasteiger partial charge < -0.3 is 29.7 Å². The Kier molecular flexibility index (Phi) is 11.0. The smallest absolute Gasteiger partial charge is 0.258 e. The zero-order valence-corrected chi connectivity index (χ0v) is 24.1. The minimum Gasteiger partial charge on any atom is -0.488 e. The SMILES string of the molecule is C[C@@H]1CN([C@@H](C)CO)C(=O)c2cc(NC(=O)CCN3CCOCC3)ccc2O[C@H]1CN(C)CC1CCCCC1. The van der Waals surface area contributed by atoms with Crippen LogP contribution in [0.5, 0.6) is 5.75 Å². The molecule has 2 amide bonds. The molecular formula is C30H48N4O5. The number of ether oxygens (including phenoxy) is 2. The third-order valence-electron chi connectivity index (χ3n) is 8.49. The van der Waals surface area contributed by atoms with E-state index in [0.717, 1.165) is 32.1 Å². The van der Waals surface area contributed by atoms with Crippen LogP contribution in [0.25, 0.3) is 0 Å². The van der Waals surface area contributed by atoms with Gasteiger partial charge in [-0.25, -0.2) is 0 Å². The van der Waals surface area contributed by atoms with Crippen molar-refractivity contribution >= 4 is 17.5 Å². The molecule has 0 bridgehead atoms. The Hall–Kier alpha value is -2.20. The highest BCUT2D eigenvalue weighted by molar-refractivity contribution is 5.99. The molecule has 1 aromatic carbocycles. The number of carbonyl (C=O) groups is 2. The zero-order valence-electron chi connectivity index (χ0n) is 24.1. The number of benzene rings is 1. The molecule has 9 heteroatoms. The average Bonchev–Trinajstić information content (AvgIpc) is 2.94. The van der Waals surface area contributed by atoms with E-state index >= 15 is 0 Å². The summed E-state index contributed by atoms with van der Waals surface area (Å²) in [5.74, 6) is 1.09. The number of aliphatic hydroxyl groups excluding tert-OH is 1. The molecule has 1 saturated carbocycles. The lowest BCUT2D eigenvalue weighted by Gasteiger charge is -2.38. The summed E-state index contributed by atoms with van der Waals surface area (Å²) in [6.07, 6.45) is 6.87. The zero-order chi connectivity index (χ0) is 27.8. The van der Waals surface area contributed by atoms with Crippen molar-refractivity contribution in [2.45, 2.75) is 64.5 Å². The van der Waals surface area contributed by atoms with E-state index in [4.69, 9.17) is 9.47 Å². The molecule has 1 aromatic rings. The number of hydrogen-bond acceptors (Lipinski definition) is 7. The van der Waals surface area contributed by atoms with Crippen LogP contribution < -0.4 is 10.1 Å². The number of nitrogens with zero attached hydrogens (tertiary/aromatic N) is 3. The predicted molar refractivity (Wildman–Crippen MR) is 152 cm³/mol. The predicted octanol–water partition coefficient (Wildman–Crippen LogP) is 3.08. The van der Waals surface area contributed by atoms with Crippen LogP contribution in [0.1, 0.15) is 62.7 Å². The highest BCUT2D eigenvalue weighted by Crippen LogP contribution is 2.31. The lowest BCUT2D eigenvalue weighted by molar-refractivity contribution is -0.116. The van der Waals surface area contributed by atoms with Crippen molar-refractivity contribution in [3.8, 4) is 5.75 Å². The Morgan fingerprint density at radius 3 is 2.64 bits per heavy atom. The largest absolute Gasteiger partial charge is 0.488 e. The maximum atomic E-state index is 13.7. The number of amides is 2. The summed E-state index contributed by atoms with van der Waals surface area (Å²) in [5.41, 5.74) is 1.00. The van der Waals surface area contributed by atoms with Crippen molar-refractivity contribution in [1.29, 1.82) is 0 Å². The summed E-state index contributed by atoms with van der Waals surface area (Å²) in [7, 11) is 2.17. The van der Waals surface area contributed by atoms with Crippen LogP contribution in [-0.4, -0.2) is 110 Å². The molecule has 4 rings (SSSR count). The summed E-state index contributed by atoms with van der Waals surface area (Å²) in [4.78, 5) is 32.7. The number of likely N-dealkylation sites (N-methyl/N-ethyl adjacent to an activating group) is 1. The van der Waals surface area contributed by atoms with Gasteiger partial charge in [-0.3, -0.25) is 14.5 Å². The van der Waals surface area contributed by atoms with Crippen molar-refractivity contribution in [2.24, 2.45) is 11.8 Å². The van der Waals surface area contributed by atoms with Crippen molar-refractivity contribution in [3.05, 3.63) is 23.8 Å². The maximum Gasteiger partial charge on any atom is 0.258 e. The molecule has 1 aliphatic carbocycles. The Morgan fingerprint density at radius 2 is 1.92 bits per heavy atom. The van der Waals surface area contributed by atoms with Gasteiger partial charge in [0.1, 0.15) is 11.9 Å². The minimum absolute atomic E-state index is 0.0860. The third-order valence-corrected chi connectivity index (χ3v) is 8.49. The van der Waals surface area contributed by atoms with E-state index in [1.54, 1.807) is 17.0 Å². The Balaban J connectivity index is 1.47. The first-order chi connectivity index (χ1) is 18.8. The van der Waals surface area contributed by atoms with Gasteiger partial charge in [0, 0.05) is 57.3 Å². The standard InChI is InChI=1S/C30H48N4O5/c1-22-18-34(23(2)21-35)30(37)26-17-25(31-29(36)11-12-33-13-15-38-16-14-33)9-10-27(26)39-28(22)20-32(3)19-24-7-5-4-6-8-24/h9-10,17,22-24,28,35H,4-8,11-16,18-21H2,1-3H3,(H,31,36)/t22-,23+,28+/m1/s1. The van der Waals surface area contributed by atoms with Gasteiger partial charge in [-0.15, -0.1) is 0 Å². The molecule has 3 aliphatic rings. The van der Waals surface area contributed by atoms with E-state index in [1.165, 1.54) is 32.1 Å². The second-order valence-electron chi connectivity index (χ2n) is 11.8. The number of anilines is 1. The average molecular weight is 545 g/mol. The van der Waals surface area contributed by atoms with E-state index in [0.29, 0.717) is 49.7 Å². The molecule has 2 N–H and O–H groups in total. The summed E-state index contributed by atoms with van der Waals surface area (Å²) in [6.45, 7) is 9.97. The van der Waals surface area contributed by atoms with Gasteiger partial charge in [0.25, 0.3) is 5.91 Å². The van der Waals surface area contributed by atoms with Gasteiger partial charge in [0.2, 0.25) is 5.91 Å². The van der Waals surface area contributed by atoms with Gasteiger partial charge in [-0.1, -0.05) is 26.2 Å². The van der Waals surface area contributed by atoms with Crippen molar-refractivity contribution in [3.63, 3.8) is 0 Å². The molecule has 2 heterocycles. The highest BCUT2D eigenvalue weighted by Gasteiger charge is 2.34. The second kappa shape index (κ2) is 14.4. The van der Waals surface area contributed by atoms with Crippen LogP contribution >= 0.6 is 0 Å². The van der Waals surface area contributed by atoms with E-state index < -0.39 is 0 Å². The Morgan fingerprint density at radius 1 is 1.18 bits per heavy atom. The number of morpholine rings is 1. The molecule has 2 aliphatic heterocycles. The van der Waals surface area contributed by atoms with E-state index in [-0.39, 0.29) is 36.5 Å². The number of aliphatic hydroxyl groups is 1. The second-order valence-corrected chi connectivity index (χ2v) is 11.8. The fourth-order valence-electron chi connectivity index (χ4n) is 6.02. The first kappa shape index (κ1) is 29.8. The molecule has 0 unspecified atom stereocenters. The number of nitrogens with one attached hydrogen (secondary N) is 1. The number of rotatable bonds is 10. The van der Waals surface area contributed by atoms with Crippen LogP contribution in [0.15, 0.2) is 18.2 Å². The molecule has 2 fully saturated rings. The summed E-state index contributed by atoms with van der Waals surface area (Å²) in [6, 6.07) is 5.02. The van der Waals surface area contributed by atoms with Crippen LogP contribution in [0, 0.1) is 11.8 Å². The quantitative estimate of drug-likeness (QED) is 0.468. The Bertz CT molecular complexity index is 947. The molecule has 39 heavy (non-hydrogen) atoms. The van der Waals surface area contributed by atoms with Crippen LogP contribution in [0.2, 0.25) is 0 Å².